The van der Waals surface area contributed by atoms with Crippen LogP contribution in [0.3, 0.4) is 0 Å². The van der Waals surface area contributed by atoms with E-state index < -0.39 is 17.2 Å². The van der Waals surface area contributed by atoms with E-state index in [0.29, 0.717) is 16.9 Å². The van der Waals surface area contributed by atoms with Crippen LogP contribution in [0.15, 0.2) is 53.1 Å². The molecule has 0 aliphatic rings. The number of amides is 1. The van der Waals surface area contributed by atoms with Crippen LogP contribution in [-0.2, 0) is 16.0 Å². The molecule has 1 aromatic rings. The Balaban J connectivity index is 2.82. The van der Waals surface area contributed by atoms with Gasteiger partial charge in [0, 0.05) is 10.3 Å². The molecule has 1 heterocycles. The third-order valence-electron chi connectivity index (χ3n) is 3.89. The van der Waals surface area contributed by atoms with Gasteiger partial charge in [0.05, 0.1) is 6.54 Å². The highest BCUT2D eigenvalue weighted by molar-refractivity contribution is 7.13. The predicted molar refractivity (Wildman–Crippen MR) is 117 cm³/mol. The normalized spacial score (nSPS) is 13.1. The maximum absolute atomic E-state index is 13.6. The van der Waals surface area contributed by atoms with Crippen molar-refractivity contribution >= 4 is 29.0 Å². The number of allylic oxidation sites excluding steroid dienone is 4. The number of nitrogens with one attached hydrogen (secondary N) is 2. The van der Waals surface area contributed by atoms with Gasteiger partial charge in [-0.05, 0) is 38.5 Å². The second kappa shape index (κ2) is 11.3. The Labute approximate surface area is 179 Å². The maximum atomic E-state index is 13.6. The molecule has 30 heavy (non-hydrogen) atoms. The van der Waals surface area contributed by atoms with Crippen LogP contribution >= 0.6 is 11.3 Å². The summed E-state index contributed by atoms with van der Waals surface area (Å²) >= 11 is 1.18. The molecule has 8 nitrogen and oxygen atoms in total. The van der Waals surface area contributed by atoms with E-state index in [1.54, 1.807) is 39.0 Å². The van der Waals surface area contributed by atoms with Crippen LogP contribution in [0.25, 0.3) is 0 Å². The summed E-state index contributed by atoms with van der Waals surface area (Å²) in [6.07, 6.45) is 3.28. The fourth-order valence-corrected chi connectivity index (χ4v) is 3.34. The van der Waals surface area contributed by atoms with Crippen molar-refractivity contribution in [2.75, 3.05) is 6.54 Å². The number of nitrogens with two attached hydrogens (primary N) is 2. The van der Waals surface area contributed by atoms with Crippen molar-refractivity contribution in [3.63, 3.8) is 0 Å². The van der Waals surface area contributed by atoms with E-state index in [4.69, 9.17) is 16.4 Å². The Hall–Kier alpha value is -2.98. The van der Waals surface area contributed by atoms with Crippen molar-refractivity contribution in [1.82, 2.24) is 10.7 Å². The van der Waals surface area contributed by atoms with Crippen LogP contribution in [0.4, 0.5) is 4.39 Å². The van der Waals surface area contributed by atoms with Crippen LogP contribution in [0.1, 0.15) is 42.2 Å². The summed E-state index contributed by atoms with van der Waals surface area (Å²) in [5.74, 6) is 8.88. The highest BCUT2D eigenvalue weighted by atomic mass is 32.1. The molecular weight excluding hydrogens is 409 g/mol. The molecule has 0 unspecified atom stereocenters. The lowest BCUT2D eigenvalue weighted by molar-refractivity contribution is -0.128. The minimum atomic E-state index is -0.773. The number of hydrogen-bond acceptors (Lipinski definition) is 7. The van der Waals surface area contributed by atoms with E-state index >= 15 is 0 Å². The number of rotatable bonds is 9. The third kappa shape index (κ3) is 7.80. The number of hydrazone groups is 1. The number of carbonyl (C=O) groups excluding carboxylic acids is 2. The average Bonchev–Trinajstić information content (AvgIpc) is 3.12. The molecule has 10 heteroatoms. The molecule has 0 aliphatic heterocycles. The number of hydrazine groups is 1. The number of hydrogen-bond donors (Lipinski definition) is 4. The summed E-state index contributed by atoms with van der Waals surface area (Å²) in [5, 5.41) is 6.10. The molecule has 0 spiro atoms. The number of esters is 1. The molecule has 1 aromatic heterocycles. The van der Waals surface area contributed by atoms with Crippen molar-refractivity contribution in [2.45, 2.75) is 34.1 Å². The Morgan fingerprint density at radius 1 is 1.33 bits per heavy atom. The van der Waals surface area contributed by atoms with Gasteiger partial charge >= 0.3 is 5.97 Å². The maximum Gasteiger partial charge on any atom is 0.353 e. The van der Waals surface area contributed by atoms with Crippen molar-refractivity contribution in [2.24, 2.45) is 22.2 Å². The number of ether oxygens (including phenoxy) is 1. The van der Waals surface area contributed by atoms with Gasteiger partial charge in [-0.3, -0.25) is 4.79 Å². The molecule has 164 valence electrons. The van der Waals surface area contributed by atoms with Crippen molar-refractivity contribution in [3.8, 4) is 0 Å². The lowest BCUT2D eigenvalue weighted by Gasteiger charge is -2.23. The monoisotopic (exact) mass is 437 g/mol. The third-order valence-corrected chi connectivity index (χ3v) is 4.96. The zero-order valence-electron chi connectivity index (χ0n) is 17.5. The first-order chi connectivity index (χ1) is 14.0. The van der Waals surface area contributed by atoms with E-state index in [0.717, 1.165) is 4.88 Å². The fraction of sp³-hybridized carbons (Fsp3) is 0.350. The number of carbonyl (C=O) groups is 2. The Morgan fingerprint density at radius 3 is 2.53 bits per heavy atom. The van der Waals surface area contributed by atoms with Gasteiger partial charge in [0.25, 0.3) is 0 Å². The van der Waals surface area contributed by atoms with Crippen LogP contribution in [0.5, 0.6) is 0 Å². The zero-order valence-corrected chi connectivity index (χ0v) is 18.4. The Kier molecular flexibility index (Phi) is 9.41. The first kappa shape index (κ1) is 25.1. The molecule has 1 rings (SSSR count). The van der Waals surface area contributed by atoms with Gasteiger partial charge in [-0.25, -0.2) is 15.0 Å². The van der Waals surface area contributed by atoms with Crippen molar-refractivity contribution in [1.29, 1.82) is 0 Å². The largest absolute Gasteiger partial charge is 0.420 e. The van der Waals surface area contributed by atoms with E-state index in [9.17, 15) is 14.0 Å². The quantitative estimate of drug-likeness (QED) is 0.0893. The summed E-state index contributed by atoms with van der Waals surface area (Å²) in [6.45, 7) is 10.2. The second-order valence-electron chi connectivity index (χ2n) is 7.20. The first-order valence-corrected chi connectivity index (χ1v) is 9.84. The molecular formula is C20H28FN5O3S. The highest BCUT2D eigenvalue weighted by Gasteiger charge is 2.29. The molecule has 0 saturated heterocycles. The number of nitrogens with zero attached hydrogens (tertiary/aromatic N) is 1. The summed E-state index contributed by atoms with van der Waals surface area (Å²) in [6, 6.07) is 3.32. The molecule has 0 aromatic carbocycles. The highest BCUT2D eigenvalue weighted by Crippen LogP contribution is 2.28. The lowest BCUT2D eigenvalue weighted by Crippen LogP contribution is -2.45. The molecule has 1 amide bonds. The van der Waals surface area contributed by atoms with Gasteiger partial charge in [0.2, 0.25) is 5.91 Å². The molecule has 0 fully saturated rings. The average molecular weight is 438 g/mol. The lowest BCUT2D eigenvalue weighted by atomic mass is 9.87. The summed E-state index contributed by atoms with van der Waals surface area (Å²) in [5.41, 5.74) is 2.20. The molecule has 0 aliphatic carbocycles. The van der Waals surface area contributed by atoms with Gasteiger partial charge < -0.3 is 21.3 Å². The predicted octanol–water partition coefficient (Wildman–Crippen LogP) is 2.66. The smallest absolute Gasteiger partial charge is 0.353 e. The van der Waals surface area contributed by atoms with Gasteiger partial charge in [0.1, 0.15) is 10.7 Å². The number of thiophene rings is 1. The fourth-order valence-electron chi connectivity index (χ4n) is 2.22. The SMILES string of the molecule is C=C(C)/C=C\C(OC(=O)c1ccc(CC(C)(C)C(=O)NC/C(=N/N)NN)s1)=C(/C)F. The van der Waals surface area contributed by atoms with E-state index in [2.05, 4.69) is 22.4 Å². The Morgan fingerprint density at radius 2 is 2.00 bits per heavy atom. The second-order valence-corrected chi connectivity index (χ2v) is 8.36. The zero-order chi connectivity index (χ0) is 22.9. The van der Waals surface area contributed by atoms with Crippen molar-refractivity contribution in [3.05, 3.63) is 57.8 Å². The Bertz CT molecular complexity index is 883. The first-order valence-electron chi connectivity index (χ1n) is 9.02. The van der Waals surface area contributed by atoms with Gasteiger partial charge in [-0.2, -0.15) is 5.10 Å². The van der Waals surface area contributed by atoms with E-state index in [1.807, 2.05) is 0 Å². The van der Waals surface area contributed by atoms with Crippen LogP contribution in [0.2, 0.25) is 0 Å². The van der Waals surface area contributed by atoms with Crippen LogP contribution in [0, 0.1) is 5.41 Å². The molecule has 0 saturated carbocycles. The number of halogens is 1. The molecule has 0 bridgehead atoms. The minimum Gasteiger partial charge on any atom is -0.420 e. The summed E-state index contributed by atoms with van der Waals surface area (Å²) < 4.78 is 18.8. The minimum absolute atomic E-state index is 0.0622. The number of amidine groups is 1. The van der Waals surface area contributed by atoms with E-state index in [-0.39, 0.29) is 24.0 Å². The van der Waals surface area contributed by atoms with Crippen molar-refractivity contribution < 1.29 is 18.7 Å². The van der Waals surface area contributed by atoms with E-state index in [1.165, 1.54) is 24.3 Å². The molecule has 0 radical (unpaired) electrons. The topological polar surface area (TPSA) is 132 Å². The standard InChI is InChI=1S/C20H28FN5O3S/c1-12(2)6-8-15(13(3)21)29-18(27)16-9-7-14(30-16)10-20(4,5)19(28)24-11-17(25-22)26-23/h6-9H,1,10-11,22-23H2,2-5H3,(H,24,28)(H,25,26)/b8-6-,15-13-. The van der Waals surface area contributed by atoms with Gasteiger partial charge in [-0.1, -0.05) is 32.1 Å². The summed E-state index contributed by atoms with van der Waals surface area (Å²) in [4.78, 5) is 25.9. The van der Waals surface area contributed by atoms with Gasteiger partial charge in [-0.15, -0.1) is 11.3 Å². The van der Waals surface area contributed by atoms with Crippen LogP contribution < -0.4 is 22.4 Å². The van der Waals surface area contributed by atoms with Gasteiger partial charge in [0.15, 0.2) is 11.6 Å². The summed E-state index contributed by atoms with van der Waals surface area (Å²) in [7, 11) is 0. The molecule has 6 N–H and O–H groups in total. The molecule has 0 atom stereocenters. The van der Waals surface area contributed by atoms with Crippen LogP contribution in [-0.4, -0.2) is 24.3 Å².